The Labute approximate surface area is 131 Å². The quantitative estimate of drug-likeness (QED) is 0.919. The molecule has 1 fully saturated rings. The van der Waals surface area contributed by atoms with Crippen molar-refractivity contribution in [2.75, 3.05) is 6.54 Å². The van der Waals surface area contributed by atoms with Crippen molar-refractivity contribution in [3.63, 3.8) is 0 Å². The number of carbonyl (C=O) groups is 1. The van der Waals surface area contributed by atoms with Crippen LogP contribution in [0.25, 0.3) is 5.76 Å². The van der Waals surface area contributed by atoms with Crippen LogP contribution in [0.3, 0.4) is 0 Å². The molecule has 1 aromatic carbocycles. The highest BCUT2D eigenvalue weighted by Crippen LogP contribution is 2.39. The third kappa shape index (κ3) is 3.13. The normalized spacial score (nSPS) is 21.6. The van der Waals surface area contributed by atoms with Crippen LogP contribution in [-0.4, -0.2) is 28.7 Å². The lowest BCUT2D eigenvalue weighted by molar-refractivity contribution is -0.137. The second-order valence-electron chi connectivity index (χ2n) is 5.87. The molecule has 0 amide bonds. The van der Waals surface area contributed by atoms with Crippen molar-refractivity contribution >= 4 is 11.7 Å². The summed E-state index contributed by atoms with van der Waals surface area (Å²) in [5.74, 6) is -0.768. The number of hydrogen-bond acceptors (Lipinski definition) is 3. The maximum atomic E-state index is 12.9. The molecule has 23 heavy (non-hydrogen) atoms. The Morgan fingerprint density at radius 3 is 2.65 bits per heavy atom. The molecule has 1 saturated carbocycles. The molecular formula is C16H16F3NO3. The molecule has 0 bridgehead atoms. The molecule has 124 valence electrons. The van der Waals surface area contributed by atoms with Gasteiger partial charge < -0.3 is 14.7 Å². The number of alkyl halides is 3. The van der Waals surface area contributed by atoms with E-state index in [2.05, 4.69) is 0 Å². The van der Waals surface area contributed by atoms with Crippen molar-refractivity contribution in [1.82, 2.24) is 4.90 Å². The summed E-state index contributed by atoms with van der Waals surface area (Å²) in [6, 6.07) is 4.56. The lowest BCUT2D eigenvalue weighted by Gasteiger charge is -2.22. The van der Waals surface area contributed by atoms with Gasteiger partial charge in [0.15, 0.2) is 17.7 Å². The number of hydrogen-bond donors (Lipinski definition) is 1. The summed E-state index contributed by atoms with van der Waals surface area (Å²) < 4.78 is 44.2. The first-order chi connectivity index (χ1) is 10.8. The number of halogens is 3. The van der Waals surface area contributed by atoms with Crippen LogP contribution in [-0.2, 0) is 15.7 Å². The van der Waals surface area contributed by atoms with Crippen molar-refractivity contribution in [1.29, 1.82) is 0 Å². The minimum absolute atomic E-state index is 0.00301. The Balaban J connectivity index is 2.01. The Morgan fingerprint density at radius 2 is 2.09 bits per heavy atom. The van der Waals surface area contributed by atoms with Crippen molar-refractivity contribution in [3.05, 3.63) is 41.1 Å². The first-order valence-electron chi connectivity index (χ1n) is 7.36. The molecule has 2 aliphatic rings. The number of benzene rings is 1. The maximum absolute atomic E-state index is 12.9. The summed E-state index contributed by atoms with van der Waals surface area (Å²) in [4.78, 5) is 13.2. The van der Waals surface area contributed by atoms with E-state index in [0.717, 1.165) is 25.0 Å². The average molecular weight is 327 g/mol. The van der Waals surface area contributed by atoms with Gasteiger partial charge in [0.05, 0.1) is 5.56 Å². The number of nitrogens with zero attached hydrogens (tertiary/aromatic N) is 1. The van der Waals surface area contributed by atoms with Gasteiger partial charge in [0, 0.05) is 12.1 Å². The van der Waals surface area contributed by atoms with E-state index in [4.69, 9.17) is 4.74 Å². The van der Waals surface area contributed by atoms with Crippen LogP contribution >= 0.6 is 0 Å². The molecule has 1 atom stereocenters. The predicted molar refractivity (Wildman–Crippen MR) is 76.0 cm³/mol. The lowest BCUT2D eigenvalue weighted by atomic mass is 10.1. The molecule has 0 aromatic heterocycles. The molecular weight excluding hydrogens is 311 g/mol. The molecule has 7 heteroatoms. The molecule has 1 unspecified atom stereocenters. The Bertz CT molecular complexity index is 665. The molecule has 1 aromatic rings. The van der Waals surface area contributed by atoms with E-state index in [1.165, 1.54) is 12.1 Å². The Morgan fingerprint density at radius 1 is 1.39 bits per heavy atom. The van der Waals surface area contributed by atoms with Crippen molar-refractivity contribution in [2.45, 2.75) is 32.2 Å². The van der Waals surface area contributed by atoms with Crippen LogP contribution in [0.1, 0.15) is 30.9 Å². The standard InChI is InChI=1S/C16H16F3NO3/c1-9-20(8-10-5-6-10)13(15(21)22)14(23-9)11-3-2-4-12(7-11)16(17,18)19/h2-4,7,9-10H,5-6,8H2,1H3,(H,21,22). The summed E-state index contributed by atoms with van der Waals surface area (Å²) in [5.41, 5.74) is -0.768. The first-order valence-corrected chi connectivity index (χ1v) is 7.36. The number of ether oxygens (including phenoxy) is 1. The van der Waals surface area contributed by atoms with Crippen LogP contribution in [0.15, 0.2) is 30.0 Å². The Kier molecular flexibility index (Phi) is 3.74. The molecule has 4 nitrogen and oxygen atoms in total. The van der Waals surface area contributed by atoms with Gasteiger partial charge in [-0.05, 0) is 37.8 Å². The summed E-state index contributed by atoms with van der Waals surface area (Å²) in [5, 5.41) is 9.49. The zero-order chi connectivity index (χ0) is 16.8. The molecule has 1 heterocycles. The van der Waals surface area contributed by atoms with Gasteiger partial charge in [-0.2, -0.15) is 13.2 Å². The highest BCUT2D eigenvalue weighted by atomic mass is 19.4. The van der Waals surface area contributed by atoms with E-state index in [0.29, 0.717) is 12.5 Å². The van der Waals surface area contributed by atoms with Gasteiger partial charge in [-0.15, -0.1) is 0 Å². The molecule has 1 aliphatic carbocycles. The van der Waals surface area contributed by atoms with Gasteiger partial charge in [-0.1, -0.05) is 12.1 Å². The van der Waals surface area contributed by atoms with E-state index in [1.807, 2.05) is 0 Å². The van der Waals surface area contributed by atoms with Gasteiger partial charge in [0.1, 0.15) is 0 Å². The monoisotopic (exact) mass is 327 g/mol. The molecule has 0 saturated heterocycles. The number of aliphatic carboxylic acids is 1. The molecule has 3 rings (SSSR count). The topological polar surface area (TPSA) is 49.8 Å². The van der Waals surface area contributed by atoms with Crippen molar-refractivity contribution < 1.29 is 27.8 Å². The van der Waals surface area contributed by atoms with Gasteiger partial charge >= 0.3 is 12.1 Å². The molecule has 1 N–H and O–H groups in total. The third-order valence-corrected chi connectivity index (χ3v) is 4.04. The molecule has 0 spiro atoms. The van der Waals surface area contributed by atoms with Crippen LogP contribution in [0, 0.1) is 5.92 Å². The summed E-state index contributed by atoms with van der Waals surface area (Å²) in [6.45, 7) is 2.25. The van der Waals surface area contributed by atoms with Crippen molar-refractivity contribution in [3.8, 4) is 0 Å². The number of carboxylic acids is 1. The van der Waals surface area contributed by atoms with Gasteiger partial charge in [0.25, 0.3) is 0 Å². The van der Waals surface area contributed by atoms with E-state index >= 15 is 0 Å². The predicted octanol–water partition coefficient (Wildman–Crippen LogP) is 3.55. The largest absolute Gasteiger partial charge is 0.476 e. The van der Waals surface area contributed by atoms with Crippen LogP contribution in [0.5, 0.6) is 0 Å². The Hall–Kier alpha value is -2.18. The van der Waals surface area contributed by atoms with Crippen LogP contribution in [0.4, 0.5) is 13.2 Å². The number of rotatable bonds is 4. The molecule has 0 radical (unpaired) electrons. The fraction of sp³-hybridized carbons (Fsp3) is 0.438. The zero-order valence-electron chi connectivity index (χ0n) is 12.4. The fourth-order valence-electron chi connectivity index (χ4n) is 2.68. The highest BCUT2D eigenvalue weighted by Gasteiger charge is 2.39. The third-order valence-electron chi connectivity index (χ3n) is 4.04. The van der Waals surface area contributed by atoms with Crippen molar-refractivity contribution in [2.24, 2.45) is 5.92 Å². The van der Waals surface area contributed by atoms with Gasteiger partial charge in [0.2, 0.25) is 0 Å². The average Bonchev–Trinajstić information content (AvgIpc) is 3.22. The van der Waals surface area contributed by atoms with E-state index < -0.39 is 23.9 Å². The minimum atomic E-state index is -4.49. The van der Waals surface area contributed by atoms with Crippen LogP contribution in [0.2, 0.25) is 0 Å². The zero-order valence-corrected chi connectivity index (χ0v) is 12.4. The lowest BCUT2D eigenvalue weighted by Crippen LogP contribution is -2.33. The fourth-order valence-corrected chi connectivity index (χ4v) is 2.68. The number of carboxylic acid groups (broad SMARTS) is 1. The summed E-state index contributed by atoms with van der Waals surface area (Å²) in [7, 11) is 0. The first kappa shape index (κ1) is 15.7. The molecule has 1 aliphatic heterocycles. The van der Waals surface area contributed by atoms with E-state index in [9.17, 15) is 23.1 Å². The van der Waals surface area contributed by atoms with Gasteiger partial charge in [-0.25, -0.2) is 4.79 Å². The second-order valence-corrected chi connectivity index (χ2v) is 5.87. The highest BCUT2D eigenvalue weighted by molar-refractivity contribution is 5.95. The smallest absolute Gasteiger partial charge is 0.416 e. The SMILES string of the molecule is CC1OC(c2cccc(C(F)(F)F)c2)=C(C(=O)O)N1CC1CC1. The van der Waals surface area contributed by atoms with Crippen LogP contribution < -0.4 is 0 Å². The summed E-state index contributed by atoms with van der Waals surface area (Å²) >= 11 is 0. The van der Waals surface area contributed by atoms with E-state index in [-0.39, 0.29) is 17.0 Å². The van der Waals surface area contributed by atoms with E-state index in [1.54, 1.807) is 11.8 Å². The summed E-state index contributed by atoms with van der Waals surface area (Å²) in [6.07, 6.45) is -2.92. The second kappa shape index (κ2) is 5.47. The van der Waals surface area contributed by atoms with Gasteiger partial charge in [-0.3, -0.25) is 0 Å². The minimum Gasteiger partial charge on any atom is -0.476 e. The maximum Gasteiger partial charge on any atom is 0.416 e.